The maximum atomic E-state index is 11.8. The summed E-state index contributed by atoms with van der Waals surface area (Å²) in [6.45, 7) is 0.524. The van der Waals surface area contributed by atoms with E-state index in [1.807, 2.05) is 24.5 Å². The highest BCUT2D eigenvalue weighted by Gasteiger charge is 2.10. The Morgan fingerprint density at radius 3 is 3.11 bits per heavy atom. The van der Waals surface area contributed by atoms with E-state index in [1.165, 1.54) is 18.5 Å². The first-order valence-electron chi connectivity index (χ1n) is 5.55. The smallest absolute Gasteiger partial charge is 0.254 e. The molecule has 0 radical (unpaired) electrons. The van der Waals surface area contributed by atoms with Crippen LogP contribution in [-0.2, 0) is 6.42 Å². The molecule has 90 valence electrons. The van der Waals surface area contributed by atoms with E-state index in [0.717, 1.165) is 12.0 Å². The molecule has 0 aliphatic carbocycles. The van der Waals surface area contributed by atoms with Gasteiger partial charge in [0.1, 0.15) is 6.07 Å². The van der Waals surface area contributed by atoms with E-state index in [0.29, 0.717) is 17.7 Å². The highest BCUT2D eigenvalue weighted by molar-refractivity contribution is 5.96. The summed E-state index contributed by atoms with van der Waals surface area (Å²) < 4.78 is 0. The zero-order valence-electron chi connectivity index (χ0n) is 9.68. The molecule has 0 aliphatic rings. The highest BCUT2D eigenvalue weighted by Crippen LogP contribution is 2.05. The van der Waals surface area contributed by atoms with Gasteiger partial charge in [-0.1, -0.05) is 0 Å². The zero-order chi connectivity index (χ0) is 12.8. The van der Waals surface area contributed by atoms with Gasteiger partial charge in [0.05, 0.1) is 11.1 Å². The molecule has 0 fully saturated rings. The van der Waals surface area contributed by atoms with Crippen LogP contribution in [0.1, 0.15) is 21.5 Å². The number of hydrogen-bond donors (Lipinski definition) is 2. The van der Waals surface area contributed by atoms with Crippen molar-refractivity contribution in [1.82, 2.24) is 15.3 Å². The third kappa shape index (κ3) is 2.74. The molecule has 2 N–H and O–H groups in total. The molecule has 5 nitrogen and oxygen atoms in total. The van der Waals surface area contributed by atoms with Crippen LogP contribution in [0.3, 0.4) is 0 Å². The van der Waals surface area contributed by atoms with Crippen molar-refractivity contribution in [3.05, 3.63) is 53.6 Å². The first-order valence-corrected chi connectivity index (χ1v) is 5.55. The Hall–Kier alpha value is -2.61. The molecule has 0 atom stereocenters. The third-order valence-electron chi connectivity index (χ3n) is 2.55. The Bertz CT molecular complexity index is 569. The molecule has 0 saturated carbocycles. The third-order valence-corrected chi connectivity index (χ3v) is 2.55. The monoisotopic (exact) mass is 240 g/mol. The van der Waals surface area contributed by atoms with Crippen LogP contribution in [0.15, 0.2) is 36.9 Å². The first kappa shape index (κ1) is 11.9. The average Bonchev–Trinajstić information content (AvgIpc) is 2.91. The van der Waals surface area contributed by atoms with Crippen LogP contribution in [0, 0.1) is 11.3 Å². The molecule has 0 aromatic carbocycles. The lowest BCUT2D eigenvalue weighted by atomic mass is 10.1. The number of rotatable bonds is 4. The van der Waals surface area contributed by atoms with Crippen LogP contribution in [0.2, 0.25) is 0 Å². The van der Waals surface area contributed by atoms with Gasteiger partial charge < -0.3 is 10.3 Å². The Labute approximate surface area is 104 Å². The van der Waals surface area contributed by atoms with Gasteiger partial charge in [-0.15, -0.1) is 0 Å². The lowest BCUT2D eigenvalue weighted by Crippen LogP contribution is -2.26. The standard InChI is InChI=1S/C13H12N4O/c14-7-11-3-5-16-9-12(11)13(18)17-6-2-10-1-4-15-8-10/h1,3-5,8-9,15H,2,6H2,(H,17,18). The number of carbonyl (C=O) groups is 1. The number of H-pyrrole nitrogens is 1. The lowest BCUT2D eigenvalue weighted by molar-refractivity contribution is 0.0953. The number of hydrogen-bond acceptors (Lipinski definition) is 3. The number of nitrogens with zero attached hydrogens (tertiary/aromatic N) is 2. The van der Waals surface area contributed by atoms with Crippen molar-refractivity contribution in [1.29, 1.82) is 5.26 Å². The number of aromatic amines is 1. The summed E-state index contributed by atoms with van der Waals surface area (Å²) in [5.41, 5.74) is 1.78. The molecular weight excluding hydrogens is 228 g/mol. The Balaban J connectivity index is 1.94. The number of aromatic nitrogens is 2. The van der Waals surface area contributed by atoms with Crippen LogP contribution >= 0.6 is 0 Å². The fourth-order valence-electron chi connectivity index (χ4n) is 1.60. The number of pyridine rings is 1. The molecule has 2 rings (SSSR count). The maximum absolute atomic E-state index is 11.8. The normalized spacial score (nSPS) is 9.72. The summed E-state index contributed by atoms with van der Waals surface area (Å²) in [5.74, 6) is -0.268. The number of amides is 1. The minimum absolute atomic E-state index is 0.268. The lowest BCUT2D eigenvalue weighted by Gasteiger charge is -2.05. The predicted octanol–water partition coefficient (Wildman–Crippen LogP) is 1.25. The van der Waals surface area contributed by atoms with Crippen molar-refractivity contribution in [2.45, 2.75) is 6.42 Å². The van der Waals surface area contributed by atoms with E-state index < -0.39 is 0 Å². The van der Waals surface area contributed by atoms with E-state index in [-0.39, 0.29) is 5.91 Å². The van der Waals surface area contributed by atoms with Crippen molar-refractivity contribution in [2.24, 2.45) is 0 Å². The molecule has 2 aromatic rings. The molecule has 0 saturated heterocycles. The van der Waals surface area contributed by atoms with Crippen molar-refractivity contribution >= 4 is 5.91 Å². The topological polar surface area (TPSA) is 81.6 Å². The van der Waals surface area contributed by atoms with Gasteiger partial charge in [-0.05, 0) is 24.1 Å². The fourth-order valence-corrected chi connectivity index (χ4v) is 1.60. The largest absolute Gasteiger partial charge is 0.367 e. The Morgan fingerprint density at radius 2 is 2.39 bits per heavy atom. The second-order valence-corrected chi connectivity index (χ2v) is 3.76. The van der Waals surface area contributed by atoms with Crippen molar-refractivity contribution in [3.8, 4) is 6.07 Å². The minimum atomic E-state index is -0.268. The predicted molar refractivity (Wildman–Crippen MR) is 65.8 cm³/mol. The van der Waals surface area contributed by atoms with E-state index >= 15 is 0 Å². The number of carbonyl (C=O) groups excluding carboxylic acids is 1. The number of nitrogens with one attached hydrogen (secondary N) is 2. The second kappa shape index (κ2) is 5.64. The van der Waals surface area contributed by atoms with E-state index in [4.69, 9.17) is 5.26 Å². The summed E-state index contributed by atoms with van der Waals surface area (Å²) in [6, 6.07) is 5.46. The summed E-state index contributed by atoms with van der Waals surface area (Å²) in [6.07, 6.45) is 7.37. The molecule has 18 heavy (non-hydrogen) atoms. The Morgan fingerprint density at radius 1 is 1.50 bits per heavy atom. The molecule has 0 aliphatic heterocycles. The molecule has 2 heterocycles. The first-order chi connectivity index (χ1) is 8.81. The minimum Gasteiger partial charge on any atom is -0.367 e. The van der Waals surface area contributed by atoms with Crippen molar-refractivity contribution in [2.75, 3.05) is 6.54 Å². The molecule has 0 bridgehead atoms. The molecule has 2 aromatic heterocycles. The fraction of sp³-hybridized carbons (Fsp3) is 0.154. The molecular formula is C13H12N4O. The van der Waals surface area contributed by atoms with Gasteiger partial charge in [-0.3, -0.25) is 9.78 Å². The summed E-state index contributed by atoms with van der Waals surface area (Å²) in [4.78, 5) is 18.7. The van der Waals surface area contributed by atoms with E-state index in [9.17, 15) is 4.79 Å². The van der Waals surface area contributed by atoms with Crippen molar-refractivity contribution in [3.63, 3.8) is 0 Å². The zero-order valence-corrected chi connectivity index (χ0v) is 9.68. The van der Waals surface area contributed by atoms with Gasteiger partial charge in [0, 0.05) is 31.3 Å². The highest BCUT2D eigenvalue weighted by atomic mass is 16.1. The molecule has 1 amide bonds. The molecule has 5 heteroatoms. The van der Waals surface area contributed by atoms with Crippen LogP contribution in [0.25, 0.3) is 0 Å². The van der Waals surface area contributed by atoms with Crippen LogP contribution in [0.5, 0.6) is 0 Å². The number of nitriles is 1. The summed E-state index contributed by atoms with van der Waals surface area (Å²) in [5, 5.41) is 11.6. The second-order valence-electron chi connectivity index (χ2n) is 3.76. The molecule has 0 spiro atoms. The van der Waals surface area contributed by atoms with Crippen LogP contribution in [0.4, 0.5) is 0 Å². The van der Waals surface area contributed by atoms with E-state index in [1.54, 1.807) is 0 Å². The van der Waals surface area contributed by atoms with Gasteiger partial charge in [-0.25, -0.2) is 0 Å². The average molecular weight is 240 g/mol. The van der Waals surface area contributed by atoms with Crippen LogP contribution < -0.4 is 5.32 Å². The van der Waals surface area contributed by atoms with Gasteiger partial charge in [0.15, 0.2) is 0 Å². The quantitative estimate of drug-likeness (QED) is 0.843. The summed E-state index contributed by atoms with van der Waals surface area (Å²) in [7, 11) is 0. The summed E-state index contributed by atoms with van der Waals surface area (Å²) >= 11 is 0. The van der Waals surface area contributed by atoms with E-state index in [2.05, 4.69) is 15.3 Å². The van der Waals surface area contributed by atoms with Gasteiger partial charge in [0.25, 0.3) is 5.91 Å². The Kier molecular flexibility index (Phi) is 3.72. The molecule has 0 unspecified atom stereocenters. The van der Waals surface area contributed by atoms with Gasteiger partial charge in [-0.2, -0.15) is 5.26 Å². The van der Waals surface area contributed by atoms with Gasteiger partial charge in [0.2, 0.25) is 0 Å². The van der Waals surface area contributed by atoms with Crippen LogP contribution in [-0.4, -0.2) is 22.4 Å². The van der Waals surface area contributed by atoms with Crippen molar-refractivity contribution < 1.29 is 4.79 Å². The van der Waals surface area contributed by atoms with Gasteiger partial charge >= 0.3 is 0 Å². The maximum Gasteiger partial charge on any atom is 0.254 e. The SMILES string of the molecule is N#Cc1ccncc1C(=O)NCCc1cc[nH]c1.